The molecule has 1 N–H and O–H groups in total. The van der Waals surface area contributed by atoms with Gasteiger partial charge in [0.2, 0.25) is 5.91 Å². The highest BCUT2D eigenvalue weighted by Gasteiger charge is 2.15. The lowest BCUT2D eigenvalue weighted by Gasteiger charge is -2.22. The highest BCUT2D eigenvalue weighted by Crippen LogP contribution is 2.17. The average molecular weight is 317 g/mol. The summed E-state index contributed by atoms with van der Waals surface area (Å²) in [5.41, 5.74) is 2.00. The molecule has 1 atom stereocenters. The van der Waals surface area contributed by atoms with E-state index in [9.17, 15) is 4.79 Å². The summed E-state index contributed by atoms with van der Waals surface area (Å²) in [6.07, 6.45) is 0. The maximum absolute atomic E-state index is 12.4. The first-order valence-corrected chi connectivity index (χ1v) is 7.84. The maximum atomic E-state index is 12.4. The summed E-state index contributed by atoms with van der Waals surface area (Å²) in [5.74, 6) is 0.0579. The number of para-hydroxylation sites is 1. The second-order valence-electron chi connectivity index (χ2n) is 5.13. The predicted molar refractivity (Wildman–Crippen MR) is 92.3 cm³/mol. The molecular weight excluding hydrogens is 296 g/mol. The summed E-state index contributed by atoms with van der Waals surface area (Å²) in [6, 6.07) is 17.5. The quantitative estimate of drug-likeness (QED) is 0.872. The largest absolute Gasteiger partial charge is 0.312 e. The molecule has 2 rings (SSSR count). The van der Waals surface area contributed by atoms with Gasteiger partial charge >= 0.3 is 0 Å². The number of hydrogen-bond acceptors (Lipinski definition) is 2. The van der Waals surface area contributed by atoms with E-state index in [1.807, 2.05) is 68.4 Å². The van der Waals surface area contributed by atoms with Crippen LogP contribution < -0.4 is 10.2 Å². The third-order valence-corrected chi connectivity index (χ3v) is 3.83. The topological polar surface area (TPSA) is 32.3 Å². The van der Waals surface area contributed by atoms with Crippen molar-refractivity contribution >= 4 is 23.2 Å². The molecule has 0 radical (unpaired) electrons. The van der Waals surface area contributed by atoms with E-state index in [1.54, 1.807) is 4.90 Å². The van der Waals surface area contributed by atoms with Gasteiger partial charge in [0, 0.05) is 23.3 Å². The predicted octanol–water partition coefficient (Wildman–Crippen LogP) is 4.04. The van der Waals surface area contributed by atoms with Gasteiger partial charge in [-0.2, -0.15) is 0 Å². The molecule has 4 heteroatoms. The van der Waals surface area contributed by atoms with Crippen molar-refractivity contribution in [3.8, 4) is 0 Å². The van der Waals surface area contributed by atoms with Crippen molar-refractivity contribution in [2.45, 2.75) is 19.9 Å². The van der Waals surface area contributed by atoms with Gasteiger partial charge in [-0.3, -0.25) is 4.79 Å². The number of carbonyl (C=O) groups is 1. The van der Waals surface area contributed by atoms with Gasteiger partial charge in [-0.25, -0.2) is 0 Å². The molecule has 0 fully saturated rings. The van der Waals surface area contributed by atoms with Crippen LogP contribution >= 0.6 is 11.6 Å². The van der Waals surface area contributed by atoms with Gasteiger partial charge in [-0.15, -0.1) is 0 Å². The lowest BCUT2D eigenvalue weighted by atomic mass is 10.1. The third-order valence-electron chi connectivity index (χ3n) is 3.59. The monoisotopic (exact) mass is 316 g/mol. The van der Waals surface area contributed by atoms with Gasteiger partial charge in [0.15, 0.2) is 0 Å². The van der Waals surface area contributed by atoms with Crippen molar-refractivity contribution in [2.24, 2.45) is 0 Å². The second kappa shape index (κ2) is 7.97. The Hall–Kier alpha value is -1.84. The number of nitrogens with zero attached hydrogens (tertiary/aromatic N) is 1. The Balaban J connectivity index is 1.97. The molecule has 0 saturated heterocycles. The average Bonchev–Trinajstić information content (AvgIpc) is 2.54. The molecule has 0 aliphatic carbocycles. The van der Waals surface area contributed by atoms with E-state index in [-0.39, 0.29) is 18.5 Å². The number of carbonyl (C=O) groups excluding carboxylic acids is 1. The summed E-state index contributed by atoms with van der Waals surface area (Å²) < 4.78 is 0. The van der Waals surface area contributed by atoms with Crippen LogP contribution in [0.15, 0.2) is 54.6 Å². The summed E-state index contributed by atoms with van der Waals surface area (Å²) in [7, 11) is 0. The van der Waals surface area contributed by atoms with Crippen LogP contribution in [0.25, 0.3) is 0 Å². The number of amides is 1. The van der Waals surface area contributed by atoms with Crippen molar-refractivity contribution in [1.29, 1.82) is 0 Å². The van der Waals surface area contributed by atoms with Crippen LogP contribution in [0.4, 0.5) is 5.69 Å². The molecule has 2 aromatic rings. The van der Waals surface area contributed by atoms with Gasteiger partial charge in [-0.1, -0.05) is 41.9 Å². The fourth-order valence-corrected chi connectivity index (χ4v) is 2.54. The van der Waals surface area contributed by atoms with Crippen molar-refractivity contribution in [1.82, 2.24) is 5.32 Å². The van der Waals surface area contributed by atoms with Crippen LogP contribution in [-0.2, 0) is 4.79 Å². The highest BCUT2D eigenvalue weighted by atomic mass is 35.5. The molecule has 22 heavy (non-hydrogen) atoms. The van der Waals surface area contributed by atoms with Crippen molar-refractivity contribution in [3.05, 3.63) is 65.2 Å². The summed E-state index contributed by atoms with van der Waals surface area (Å²) in [4.78, 5) is 14.2. The Morgan fingerprint density at radius 1 is 1.18 bits per heavy atom. The van der Waals surface area contributed by atoms with Crippen LogP contribution in [0, 0.1) is 0 Å². The Morgan fingerprint density at radius 2 is 1.91 bits per heavy atom. The number of hydrogen-bond donors (Lipinski definition) is 1. The zero-order valence-electron chi connectivity index (χ0n) is 12.9. The molecule has 0 bridgehead atoms. The number of nitrogens with one attached hydrogen (secondary N) is 1. The van der Waals surface area contributed by atoms with E-state index in [0.717, 1.165) is 11.3 Å². The molecule has 116 valence electrons. The normalized spacial score (nSPS) is 12.0. The molecule has 2 aromatic carbocycles. The Labute approximate surface area is 136 Å². The van der Waals surface area contributed by atoms with Crippen LogP contribution in [0.3, 0.4) is 0 Å². The van der Waals surface area contributed by atoms with E-state index in [0.29, 0.717) is 11.6 Å². The lowest BCUT2D eigenvalue weighted by molar-refractivity contribution is -0.117. The summed E-state index contributed by atoms with van der Waals surface area (Å²) >= 11 is 6.00. The third kappa shape index (κ3) is 4.33. The van der Waals surface area contributed by atoms with Gasteiger partial charge in [0.05, 0.1) is 6.54 Å². The molecule has 1 amide bonds. The Morgan fingerprint density at radius 3 is 2.55 bits per heavy atom. The number of anilines is 1. The minimum atomic E-state index is 0.0579. The lowest BCUT2D eigenvalue weighted by Crippen LogP contribution is -2.38. The second-order valence-corrected chi connectivity index (χ2v) is 5.57. The minimum Gasteiger partial charge on any atom is -0.312 e. The van der Waals surface area contributed by atoms with Crippen molar-refractivity contribution in [2.75, 3.05) is 18.0 Å². The van der Waals surface area contributed by atoms with E-state index in [2.05, 4.69) is 5.32 Å². The zero-order chi connectivity index (χ0) is 15.9. The fourth-order valence-electron chi connectivity index (χ4n) is 2.34. The van der Waals surface area contributed by atoms with Gasteiger partial charge in [0.1, 0.15) is 0 Å². The molecular formula is C18H21ClN2O. The van der Waals surface area contributed by atoms with Crippen LogP contribution in [0.2, 0.25) is 5.02 Å². The van der Waals surface area contributed by atoms with Gasteiger partial charge < -0.3 is 10.2 Å². The van der Waals surface area contributed by atoms with E-state index in [1.165, 1.54) is 0 Å². The summed E-state index contributed by atoms with van der Waals surface area (Å²) in [6.45, 7) is 4.94. The molecule has 0 aliphatic heterocycles. The maximum Gasteiger partial charge on any atom is 0.240 e. The Bertz CT molecular complexity index is 615. The van der Waals surface area contributed by atoms with Crippen molar-refractivity contribution in [3.63, 3.8) is 0 Å². The van der Waals surface area contributed by atoms with Crippen LogP contribution in [0.5, 0.6) is 0 Å². The van der Waals surface area contributed by atoms with Gasteiger partial charge in [-0.05, 0) is 43.7 Å². The van der Waals surface area contributed by atoms with Crippen LogP contribution in [-0.4, -0.2) is 19.0 Å². The van der Waals surface area contributed by atoms with Gasteiger partial charge in [0.25, 0.3) is 0 Å². The zero-order valence-corrected chi connectivity index (χ0v) is 13.7. The van der Waals surface area contributed by atoms with Crippen molar-refractivity contribution < 1.29 is 4.79 Å². The number of rotatable bonds is 6. The molecule has 1 unspecified atom stereocenters. The van der Waals surface area contributed by atoms with E-state index in [4.69, 9.17) is 11.6 Å². The molecule has 0 aliphatic rings. The minimum absolute atomic E-state index is 0.0579. The first-order chi connectivity index (χ1) is 10.6. The van der Waals surface area contributed by atoms with Crippen LogP contribution in [0.1, 0.15) is 25.5 Å². The molecule has 3 nitrogen and oxygen atoms in total. The molecule has 0 saturated carbocycles. The number of benzene rings is 2. The SMILES string of the molecule is CCN(C(=O)CNC(C)c1cccc(Cl)c1)c1ccccc1. The highest BCUT2D eigenvalue weighted by molar-refractivity contribution is 6.30. The first-order valence-electron chi connectivity index (χ1n) is 7.46. The molecule has 0 aromatic heterocycles. The van der Waals surface area contributed by atoms with E-state index >= 15 is 0 Å². The first kappa shape index (κ1) is 16.5. The fraction of sp³-hybridized carbons (Fsp3) is 0.278. The molecule has 0 heterocycles. The standard InChI is InChI=1S/C18H21ClN2O/c1-3-21(17-10-5-4-6-11-17)18(22)13-20-14(2)15-8-7-9-16(19)12-15/h4-12,14,20H,3,13H2,1-2H3. The molecule has 0 spiro atoms. The summed E-state index contributed by atoms with van der Waals surface area (Å²) in [5, 5.41) is 3.97. The number of halogens is 1. The van der Waals surface area contributed by atoms with E-state index < -0.39 is 0 Å². The smallest absolute Gasteiger partial charge is 0.240 e. The number of likely N-dealkylation sites (N-methyl/N-ethyl adjacent to an activating group) is 1. The Kier molecular flexibility index (Phi) is 5.99.